The van der Waals surface area contributed by atoms with Crippen molar-refractivity contribution in [2.75, 3.05) is 19.6 Å². The molecule has 0 spiro atoms. The predicted molar refractivity (Wildman–Crippen MR) is 63.5 cm³/mol. The van der Waals surface area contributed by atoms with E-state index >= 15 is 0 Å². The highest BCUT2D eigenvalue weighted by atomic mass is 15.1. The quantitative estimate of drug-likeness (QED) is 0.664. The summed E-state index contributed by atoms with van der Waals surface area (Å²) in [5.74, 6) is 0.216. The lowest BCUT2D eigenvalue weighted by atomic mass is 9.74. The SMILES string of the molecule is CCCCCN1CCC(C)(C)C(C#N)C1. The van der Waals surface area contributed by atoms with Crippen LogP contribution in [-0.4, -0.2) is 24.5 Å². The Hall–Kier alpha value is -0.550. The Morgan fingerprint density at radius 3 is 2.73 bits per heavy atom. The van der Waals surface area contributed by atoms with E-state index in [9.17, 15) is 0 Å². The molecule has 0 radical (unpaired) electrons. The fourth-order valence-electron chi connectivity index (χ4n) is 2.22. The van der Waals surface area contributed by atoms with Gasteiger partial charge in [-0.25, -0.2) is 0 Å². The number of rotatable bonds is 4. The molecule has 1 fully saturated rings. The monoisotopic (exact) mass is 208 g/mol. The molecule has 1 aliphatic rings. The molecule has 1 aliphatic heterocycles. The van der Waals surface area contributed by atoms with Crippen LogP contribution in [0.1, 0.15) is 46.5 Å². The van der Waals surface area contributed by atoms with Crippen LogP contribution in [-0.2, 0) is 0 Å². The van der Waals surface area contributed by atoms with Crippen molar-refractivity contribution in [3.8, 4) is 6.07 Å². The molecule has 1 rings (SSSR count). The molecule has 0 aliphatic carbocycles. The van der Waals surface area contributed by atoms with Crippen LogP contribution in [0.15, 0.2) is 0 Å². The van der Waals surface area contributed by atoms with Crippen LogP contribution in [0.3, 0.4) is 0 Å². The summed E-state index contributed by atoms with van der Waals surface area (Å²) in [6.07, 6.45) is 5.05. The molecule has 1 heterocycles. The van der Waals surface area contributed by atoms with E-state index in [1.165, 1.54) is 32.4 Å². The molecule has 0 aromatic rings. The summed E-state index contributed by atoms with van der Waals surface area (Å²) in [5, 5.41) is 9.14. The summed E-state index contributed by atoms with van der Waals surface area (Å²) in [6.45, 7) is 10.0. The van der Waals surface area contributed by atoms with Crippen LogP contribution in [0, 0.1) is 22.7 Å². The molecule has 1 atom stereocenters. The average molecular weight is 208 g/mol. The molecule has 1 saturated heterocycles. The van der Waals surface area contributed by atoms with Crippen molar-refractivity contribution in [2.45, 2.75) is 46.5 Å². The Morgan fingerprint density at radius 1 is 1.40 bits per heavy atom. The van der Waals surface area contributed by atoms with Gasteiger partial charge in [-0.05, 0) is 31.3 Å². The number of hydrogen-bond acceptors (Lipinski definition) is 2. The molecule has 0 saturated carbocycles. The molecule has 0 aromatic carbocycles. The topological polar surface area (TPSA) is 27.0 Å². The van der Waals surface area contributed by atoms with Crippen molar-refractivity contribution in [3.05, 3.63) is 0 Å². The second kappa shape index (κ2) is 5.51. The van der Waals surface area contributed by atoms with Crippen LogP contribution >= 0.6 is 0 Å². The molecular formula is C13H24N2. The van der Waals surface area contributed by atoms with E-state index in [0.29, 0.717) is 0 Å². The first kappa shape index (κ1) is 12.5. The van der Waals surface area contributed by atoms with Crippen LogP contribution in [0.25, 0.3) is 0 Å². The third-order valence-electron chi connectivity index (χ3n) is 3.69. The third kappa shape index (κ3) is 3.50. The van der Waals surface area contributed by atoms with Gasteiger partial charge in [0.15, 0.2) is 0 Å². The zero-order chi connectivity index (χ0) is 11.3. The van der Waals surface area contributed by atoms with Gasteiger partial charge in [-0.1, -0.05) is 33.6 Å². The van der Waals surface area contributed by atoms with Crippen LogP contribution in [0.2, 0.25) is 0 Å². The Labute approximate surface area is 94.3 Å². The summed E-state index contributed by atoms with van der Waals surface area (Å²) in [5.41, 5.74) is 0.218. The van der Waals surface area contributed by atoms with Gasteiger partial charge >= 0.3 is 0 Å². The lowest BCUT2D eigenvalue weighted by molar-refractivity contribution is 0.0899. The van der Waals surface area contributed by atoms with Gasteiger partial charge in [-0.2, -0.15) is 5.26 Å². The summed E-state index contributed by atoms with van der Waals surface area (Å²) in [4.78, 5) is 2.47. The highest BCUT2D eigenvalue weighted by Gasteiger charge is 2.35. The Morgan fingerprint density at radius 2 is 2.13 bits per heavy atom. The first-order valence-corrected chi connectivity index (χ1v) is 6.22. The van der Waals surface area contributed by atoms with Gasteiger partial charge in [0.1, 0.15) is 0 Å². The largest absolute Gasteiger partial charge is 0.302 e. The van der Waals surface area contributed by atoms with E-state index in [1.807, 2.05) is 0 Å². The lowest BCUT2D eigenvalue weighted by Gasteiger charge is -2.40. The number of nitrogens with zero attached hydrogens (tertiary/aromatic N) is 2. The van der Waals surface area contributed by atoms with Crippen molar-refractivity contribution >= 4 is 0 Å². The number of likely N-dealkylation sites (tertiary alicyclic amines) is 1. The van der Waals surface area contributed by atoms with Crippen molar-refractivity contribution < 1.29 is 0 Å². The normalized spacial score (nSPS) is 26.1. The summed E-state index contributed by atoms with van der Waals surface area (Å²) in [7, 11) is 0. The highest BCUT2D eigenvalue weighted by Crippen LogP contribution is 2.35. The maximum atomic E-state index is 9.14. The fourth-order valence-corrected chi connectivity index (χ4v) is 2.22. The van der Waals surface area contributed by atoms with E-state index in [-0.39, 0.29) is 11.3 Å². The minimum atomic E-state index is 0.216. The van der Waals surface area contributed by atoms with Gasteiger partial charge in [0.2, 0.25) is 0 Å². The van der Waals surface area contributed by atoms with Crippen molar-refractivity contribution in [1.29, 1.82) is 5.26 Å². The Bertz CT molecular complexity index is 227. The smallest absolute Gasteiger partial charge is 0.0674 e. The number of unbranched alkanes of at least 4 members (excludes halogenated alkanes) is 2. The lowest BCUT2D eigenvalue weighted by Crippen LogP contribution is -2.44. The second-order valence-electron chi connectivity index (χ2n) is 5.43. The van der Waals surface area contributed by atoms with Crippen molar-refractivity contribution in [1.82, 2.24) is 4.90 Å². The number of nitriles is 1. The van der Waals surface area contributed by atoms with E-state index in [0.717, 1.165) is 13.0 Å². The molecule has 0 aromatic heterocycles. The standard InChI is InChI=1S/C13H24N2/c1-4-5-6-8-15-9-7-13(2,3)12(10-14)11-15/h12H,4-9,11H2,1-3H3. The van der Waals surface area contributed by atoms with Crippen molar-refractivity contribution in [2.24, 2.45) is 11.3 Å². The Balaban J connectivity index is 2.37. The van der Waals surface area contributed by atoms with Gasteiger partial charge in [0.25, 0.3) is 0 Å². The maximum Gasteiger partial charge on any atom is 0.0674 e. The van der Waals surface area contributed by atoms with Gasteiger partial charge in [-0.15, -0.1) is 0 Å². The fraction of sp³-hybridized carbons (Fsp3) is 0.923. The summed E-state index contributed by atoms with van der Waals surface area (Å²) >= 11 is 0. The van der Waals surface area contributed by atoms with Crippen LogP contribution < -0.4 is 0 Å². The molecule has 2 nitrogen and oxygen atoms in total. The van der Waals surface area contributed by atoms with E-state index in [2.05, 4.69) is 31.7 Å². The molecular weight excluding hydrogens is 184 g/mol. The van der Waals surface area contributed by atoms with E-state index < -0.39 is 0 Å². The van der Waals surface area contributed by atoms with Gasteiger partial charge in [0.05, 0.1) is 12.0 Å². The van der Waals surface area contributed by atoms with Crippen LogP contribution in [0.5, 0.6) is 0 Å². The van der Waals surface area contributed by atoms with Gasteiger partial charge in [0, 0.05) is 6.54 Å². The predicted octanol–water partition coefficient (Wildman–Crippen LogP) is 3.05. The number of piperidine rings is 1. The summed E-state index contributed by atoms with van der Waals surface area (Å²) < 4.78 is 0. The zero-order valence-electron chi connectivity index (χ0n) is 10.4. The third-order valence-corrected chi connectivity index (χ3v) is 3.69. The highest BCUT2D eigenvalue weighted by molar-refractivity contribution is 4.98. The van der Waals surface area contributed by atoms with Crippen molar-refractivity contribution in [3.63, 3.8) is 0 Å². The summed E-state index contributed by atoms with van der Waals surface area (Å²) in [6, 6.07) is 2.47. The first-order chi connectivity index (χ1) is 7.10. The molecule has 0 N–H and O–H groups in total. The second-order valence-corrected chi connectivity index (χ2v) is 5.43. The molecule has 0 amide bonds. The minimum Gasteiger partial charge on any atom is -0.302 e. The zero-order valence-corrected chi connectivity index (χ0v) is 10.4. The molecule has 1 unspecified atom stereocenters. The average Bonchev–Trinajstić information content (AvgIpc) is 2.20. The minimum absolute atomic E-state index is 0.216. The molecule has 2 heteroatoms. The molecule has 86 valence electrons. The molecule has 0 bridgehead atoms. The van der Waals surface area contributed by atoms with Gasteiger partial charge < -0.3 is 4.90 Å². The van der Waals surface area contributed by atoms with E-state index in [1.54, 1.807) is 0 Å². The van der Waals surface area contributed by atoms with Crippen LogP contribution in [0.4, 0.5) is 0 Å². The maximum absolute atomic E-state index is 9.14. The molecule has 15 heavy (non-hydrogen) atoms. The number of hydrogen-bond donors (Lipinski definition) is 0. The van der Waals surface area contributed by atoms with E-state index in [4.69, 9.17) is 5.26 Å². The van der Waals surface area contributed by atoms with Gasteiger partial charge in [-0.3, -0.25) is 0 Å². The first-order valence-electron chi connectivity index (χ1n) is 6.22. The Kier molecular flexibility index (Phi) is 4.60.